The number of halogens is 1. The minimum Gasteiger partial charge on any atom is -0.497 e. The van der Waals surface area contributed by atoms with Gasteiger partial charge in [0.05, 0.1) is 7.11 Å². The van der Waals surface area contributed by atoms with E-state index in [1.54, 1.807) is 19.1 Å². The summed E-state index contributed by atoms with van der Waals surface area (Å²) in [6.07, 6.45) is -0.487. The second-order valence-electron chi connectivity index (χ2n) is 4.73. The highest BCUT2D eigenvalue weighted by molar-refractivity contribution is 9.10. The standard InChI is InChI=1S/C17H18BrNO3/c1-12(20)19(15-8-10-16(21-2)11-9-15)17(22-3)13-4-6-14(18)7-5-13/h4-11,17H,1-3H3. The van der Waals surface area contributed by atoms with E-state index in [0.29, 0.717) is 0 Å². The summed E-state index contributed by atoms with van der Waals surface area (Å²) in [5.74, 6) is 0.643. The molecule has 0 heterocycles. The van der Waals surface area contributed by atoms with Gasteiger partial charge >= 0.3 is 0 Å². The number of carbonyl (C=O) groups is 1. The summed E-state index contributed by atoms with van der Waals surface area (Å²) in [4.78, 5) is 13.8. The third-order valence-corrected chi connectivity index (χ3v) is 3.83. The lowest BCUT2D eigenvalue weighted by Crippen LogP contribution is -2.34. The first-order valence-corrected chi connectivity index (χ1v) is 7.58. The van der Waals surface area contributed by atoms with Gasteiger partial charge in [-0.1, -0.05) is 28.1 Å². The molecule has 0 saturated heterocycles. The molecule has 0 spiro atoms. The Morgan fingerprint density at radius 3 is 2.09 bits per heavy atom. The molecule has 2 aromatic carbocycles. The third-order valence-electron chi connectivity index (χ3n) is 3.30. The van der Waals surface area contributed by atoms with E-state index in [0.717, 1.165) is 21.5 Å². The maximum absolute atomic E-state index is 12.1. The normalized spacial score (nSPS) is 11.8. The van der Waals surface area contributed by atoms with Crippen LogP contribution in [0.15, 0.2) is 53.0 Å². The maximum Gasteiger partial charge on any atom is 0.226 e. The summed E-state index contributed by atoms with van der Waals surface area (Å²) in [6.45, 7) is 1.52. The van der Waals surface area contributed by atoms with Crippen LogP contribution >= 0.6 is 15.9 Å². The van der Waals surface area contributed by atoms with Gasteiger partial charge in [0.15, 0.2) is 6.23 Å². The highest BCUT2D eigenvalue weighted by Gasteiger charge is 2.24. The van der Waals surface area contributed by atoms with Gasteiger partial charge in [0.2, 0.25) is 5.91 Å². The predicted octanol–water partition coefficient (Wildman–Crippen LogP) is 4.16. The molecule has 2 aromatic rings. The number of nitrogens with zero attached hydrogens (tertiary/aromatic N) is 1. The van der Waals surface area contributed by atoms with E-state index in [1.807, 2.05) is 48.5 Å². The van der Waals surface area contributed by atoms with Crippen LogP contribution in [0.1, 0.15) is 18.7 Å². The summed E-state index contributed by atoms with van der Waals surface area (Å²) < 4.78 is 11.7. The Labute approximate surface area is 138 Å². The number of hydrogen-bond donors (Lipinski definition) is 0. The lowest BCUT2D eigenvalue weighted by atomic mass is 10.1. The first-order chi connectivity index (χ1) is 10.6. The Kier molecular flexibility index (Phi) is 5.57. The third kappa shape index (κ3) is 3.67. The number of benzene rings is 2. The van der Waals surface area contributed by atoms with Crippen LogP contribution in [-0.4, -0.2) is 20.1 Å². The molecule has 2 rings (SSSR count). The van der Waals surface area contributed by atoms with E-state index in [4.69, 9.17) is 9.47 Å². The minimum absolute atomic E-state index is 0.0973. The molecule has 0 aliphatic rings. The van der Waals surface area contributed by atoms with Gasteiger partial charge in [-0.2, -0.15) is 0 Å². The van der Waals surface area contributed by atoms with E-state index >= 15 is 0 Å². The SMILES string of the molecule is COc1ccc(N(C(C)=O)C(OC)c2ccc(Br)cc2)cc1. The molecule has 1 atom stereocenters. The maximum atomic E-state index is 12.1. The Balaban J connectivity index is 2.39. The van der Waals surface area contributed by atoms with Crippen molar-refractivity contribution in [2.45, 2.75) is 13.2 Å². The Morgan fingerprint density at radius 2 is 1.64 bits per heavy atom. The van der Waals surface area contributed by atoms with Gasteiger partial charge in [0.1, 0.15) is 5.75 Å². The smallest absolute Gasteiger partial charge is 0.226 e. The van der Waals surface area contributed by atoms with Gasteiger partial charge in [-0.25, -0.2) is 0 Å². The lowest BCUT2D eigenvalue weighted by molar-refractivity contribution is -0.119. The van der Waals surface area contributed by atoms with Crippen molar-refractivity contribution in [3.8, 4) is 5.75 Å². The van der Waals surface area contributed by atoms with Crippen molar-refractivity contribution in [3.05, 3.63) is 58.6 Å². The Hall–Kier alpha value is -1.85. The zero-order chi connectivity index (χ0) is 16.1. The molecular formula is C17H18BrNO3. The monoisotopic (exact) mass is 363 g/mol. The summed E-state index contributed by atoms with van der Waals surface area (Å²) in [5, 5.41) is 0. The van der Waals surface area contributed by atoms with Crippen LogP contribution in [0.25, 0.3) is 0 Å². The molecule has 22 heavy (non-hydrogen) atoms. The molecule has 116 valence electrons. The van der Waals surface area contributed by atoms with E-state index in [-0.39, 0.29) is 5.91 Å². The molecule has 0 aliphatic carbocycles. The fourth-order valence-electron chi connectivity index (χ4n) is 2.24. The average molecular weight is 364 g/mol. The molecule has 0 bridgehead atoms. The predicted molar refractivity (Wildman–Crippen MR) is 90.0 cm³/mol. The molecular weight excluding hydrogens is 346 g/mol. The lowest BCUT2D eigenvalue weighted by Gasteiger charge is -2.30. The van der Waals surface area contributed by atoms with Crippen molar-refractivity contribution in [1.82, 2.24) is 0 Å². The summed E-state index contributed by atoms with van der Waals surface area (Å²) in [5.41, 5.74) is 1.65. The van der Waals surface area contributed by atoms with Crippen molar-refractivity contribution in [2.24, 2.45) is 0 Å². The van der Waals surface area contributed by atoms with Crippen LogP contribution in [0, 0.1) is 0 Å². The second kappa shape index (κ2) is 7.42. The van der Waals surface area contributed by atoms with E-state index in [9.17, 15) is 4.79 Å². The number of ether oxygens (including phenoxy) is 2. The van der Waals surface area contributed by atoms with Gasteiger partial charge in [-0.3, -0.25) is 9.69 Å². The fourth-order valence-corrected chi connectivity index (χ4v) is 2.51. The zero-order valence-corrected chi connectivity index (χ0v) is 14.3. The number of carbonyl (C=O) groups excluding carboxylic acids is 1. The van der Waals surface area contributed by atoms with Gasteiger partial charge in [-0.15, -0.1) is 0 Å². The molecule has 0 saturated carbocycles. The van der Waals surface area contributed by atoms with Crippen LogP contribution in [0.5, 0.6) is 5.75 Å². The van der Waals surface area contributed by atoms with Gasteiger partial charge in [0, 0.05) is 29.8 Å². The second-order valence-corrected chi connectivity index (χ2v) is 5.64. The molecule has 1 amide bonds. The summed E-state index contributed by atoms with van der Waals surface area (Å²) in [7, 11) is 3.20. The quantitative estimate of drug-likeness (QED) is 0.748. The Bertz CT molecular complexity index is 625. The summed E-state index contributed by atoms with van der Waals surface area (Å²) >= 11 is 3.41. The number of amides is 1. The highest BCUT2D eigenvalue weighted by Crippen LogP contribution is 2.30. The average Bonchev–Trinajstić information content (AvgIpc) is 2.53. The fraction of sp³-hybridized carbons (Fsp3) is 0.235. The number of methoxy groups -OCH3 is 2. The van der Waals surface area contributed by atoms with Gasteiger partial charge in [0.25, 0.3) is 0 Å². The summed E-state index contributed by atoms with van der Waals surface area (Å²) in [6, 6.07) is 15.0. The minimum atomic E-state index is -0.487. The molecule has 0 fully saturated rings. The highest BCUT2D eigenvalue weighted by atomic mass is 79.9. The first-order valence-electron chi connectivity index (χ1n) is 6.79. The van der Waals surface area contributed by atoms with Crippen LogP contribution in [0.4, 0.5) is 5.69 Å². The first kappa shape index (κ1) is 16.5. The van der Waals surface area contributed by atoms with E-state index in [2.05, 4.69) is 15.9 Å². The van der Waals surface area contributed by atoms with Crippen molar-refractivity contribution in [1.29, 1.82) is 0 Å². The largest absolute Gasteiger partial charge is 0.497 e. The number of anilines is 1. The molecule has 4 nitrogen and oxygen atoms in total. The topological polar surface area (TPSA) is 38.8 Å². The van der Waals surface area contributed by atoms with Crippen molar-refractivity contribution < 1.29 is 14.3 Å². The van der Waals surface area contributed by atoms with Crippen LogP contribution in [-0.2, 0) is 9.53 Å². The molecule has 5 heteroatoms. The zero-order valence-electron chi connectivity index (χ0n) is 12.7. The van der Waals surface area contributed by atoms with Crippen LogP contribution in [0.2, 0.25) is 0 Å². The van der Waals surface area contributed by atoms with Crippen LogP contribution < -0.4 is 9.64 Å². The van der Waals surface area contributed by atoms with Crippen LogP contribution in [0.3, 0.4) is 0 Å². The molecule has 1 unspecified atom stereocenters. The van der Waals surface area contributed by atoms with E-state index in [1.165, 1.54) is 6.92 Å². The van der Waals surface area contributed by atoms with Crippen molar-refractivity contribution in [3.63, 3.8) is 0 Å². The number of rotatable bonds is 5. The molecule has 0 aliphatic heterocycles. The molecule has 0 radical (unpaired) electrons. The van der Waals surface area contributed by atoms with Crippen molar-refractivity contribution >= 4 is 27.5 Å². The molecule has 0 aromatic heterocycles. The Morgan fingerprint density at radius 1 is 1.05 bits per heavy atom. The van der Waals surface area contributed by atoms with E-state index < -0.39 is 6.23 Å². The van der Waals surface area contributed by atoms with Crippen molar-refractivity contribution in [2.75, 3.05) is 19.1 Å². The number of hydrogen-bond acceptors (Lipinski definition) is 3. The van der Waals surface area contributed by atoms with Gasteiger partial charge in [-0.05, 0) is 36.4 Å². The van der Waals surface area contributed by atoms with Gasteiger partial charge < -0.3 is 9.47 Å². The molecule has 0 N–H and O–H groups in total.